The third kappa shape index (κ3) is 6.14. The SMILES string of the molecule is CCOc1ccc(Oc2cc(CNS(=O)(=O)N3C[C@H](C)O[C@@H](C)C3)ccn2)cc1. The number of benzene rings is 1. The minimum atomic E-state index is -3.60. The first kappa shape index (κ1) is 21.5. The number of rotatable bonds is 8. The van der Waals surface area contributed by atoms with Crippen molar-refractivity contribution in [3.05, 3.63) is 48.2 Å². The lowest BCUT2D eigenvalue weighted by molar-refractivity contribution is -0.0444. The van der Waals surface area contributed by atoms with E-state index in [9.17, 15) is 8.42 Å². The van der Waals surface area contributed by atoms with Gasteiger partial charge < -0.3 is 14.2 Å². The number of pyridine rings is 1. The average molecular weight is 422 g/mol. The molecule has 1 saturated heterocycles. The smallest absolute Gasteiger partial charge is 0.279 e. The molecule has 158 valence electrons. The average Bonchev–Trinajstić information content (AvgIpc) is 2.68. The van der Waals surface area contributed by atoms with Gasteiger partial charge in [0.1, 0.15) is 11.5 Å². The molecule has 2 aromatic rings. The lowest BCUT2D eigenvalue weighted by Gasteiger charge is -2.34. The lowest BCUT2D eigenvalue weighted by Crippen LogP contribution is -2.51. The second-order valence-electron chi connectivity index (χ2n) is 6.91. The lowest BCUT2D eigenvalue weighted by atomic mass is 10.3. The third-order valence-corrected chi connectivity index (χ3v) is 5.83. The van der Waals surface area contributed by atoms with Crippen LogP contribution in [0.5, 0.6) is 17.4 Å². The first-order valence-corrected chi connectivity index (χ1v) is 11.1. The Hall–Kier alpha value is -2.20. The fourth-order valence-electron chi connectivity index (χ4n) is 3.10. The van der Waals surface area contributed by atoms with Crippen molar-refractivity contribution in [2.75, 3.05) is 19.7 Å². The molecule has 0 unspecified atom stereocenters. The van der Waals surface area contributed by atoms with E-state index in [0.29, 0.717) is 31.3 Å². The van der Waals surface area contributed by atoms with Crippen LogP contribution in [0.2, 0.25) is 0 Å². The summed E-state index contributed by atoms with van der Waals surface area (Å²) in [5.74, 6) is 1.78. The molecule has 0 bridgehead atoms. The van der Waals surface area contributed by atoms with Crippen LogP contribution in [0.25, 0.3) is 0 Å². The molecule has 1 fully saturated rings. The molecule has 1 aliphatic rings. The van der Waals surface area contributed by atoms with Gasteiger partial charge in [-0.15, -0.1) is 0 Å². The summed E-state index contributed by atoms with van der Waals surface area (Å²) < 4.78 is 46.1. The molecule has 8 nitrogen and oxygen atoms in total. The van der Waals surface area contributed by atoms with E-state index in [1.54, 1.807) is 30.5 Å². The molecular formula is C20H27N3O5S. The van der Waals surface area contributed by atoms with Crippen molar-refractivity contribution in [3.8, 4) is 17.4 Å². The quantitative estimate of drug-likeness (QED) is 0.705. The zero-order chi connectivity index (χ0) is 20.9. The van der Waals surface area contributed by atoms with Crippen LogP contribution in [0.15, 0.2) is 42.6 Å². The van der Waals surface area contributed by atoms with Crippen LogP contribution in [0.3, 0.4) is 0 Å². The van der Waals surface area contributed by atoms with Gasteiger partial charge in [-0.3, -0.25) is 0 Å². The van der Waals surface area contributed by atoms with E-state index in [1.807, 2.05) is 32.9 Å². The molecule has 0 saturated carbocycles. The highest BCUT2D eigenvalue weighted by Crippen LogP contribution is 2.23. The summed E-state index contributed by atoms with van der Waals surface area (Å²) in [5, 5.41) is 0. The Morgan fingerprint density at radius 3 is 2.45 bits per heavy atom. The van der Waals surface area contributed by atoms with Crippen LogP contribution in [-0.2, 0) is 21.5 Å². The molecule has 0 spiro atoms. The standard InChI is InChI=1S/C20H27N3O5S/c1-4-26-18-5-7-19(8-6-18)28-20-11-17(9-10-21-20)12-22-29(24,25)23-13-15(2)27-16(3)14-23/h5-11,15-16,22H,4,12-14H2,1-3H3/t15-,16-/m0/s1. The summed E-state index contributed by atoms with van der Waals surface area (Å²) in [6, 6.07) is 10.7. The molecule has 3 rings (SSSR count). The second-order valence-corrected chi connectivity index (χ2v) is 8.66. The Bertz CT molecular complexity index is 895. The van der Waals surface area contributed by atoms with Gasteiger partial charge in [0.05, 0.1) is 18.8 Å². The first-order valence-electron chi connectivity index (χ1n) is 9.61. The minimum absolute atomic E-state index is 0.134. The third-order valence-electron chi connectivity index (χ3n) is 4.34. The van der Waals surface area contributed by atoms with Crippen LogP contribution in [0.4, 0.5) is 0 Å². The van der Waals surface area contributed by atoms with Crippen LogP contribution < -0.4 is 14.2 Å². The van der Waals surface area contributed by atoms with Gasteiger partial charge in [0.15, 0.2) is 0 Å². The van der Waals surface area contributed by atoms with Crippen molar-refractivity contribution in [2.24, 2.45) is 0 Å². The van der Waals surface area contributed by atoms with Gasteiger partial charge in [0.25, 0.3) is 10.2 Å². The van der Waals surface area contributed by atoms with Crippen LogP contribution >= 0.6 is 0 Å². The van der Waals surface area contributed by atoms with Crippen molar-refractivity contribution in [1.82, 2.24) is 14.0 Å². The van der Waals surface area contributed by atoms with Gasteiger partial charge in [-0.25, -0.2) is 4.98 Å². The van der Waals surface area contributed by atoms with E-state index in [2.05, 4.69) is 9.71 Å². The molecule has 9 heteroatoms. The molecule has 1 N–H and O–H groups in total. The second kappa shape index (κ2) is 9.53. The number of morpholine rings is 1. The maximum Gasteiger partial charge on any atom is 0.279 e. The highest BCUT2D eigenvalue weighted by molar-refractivity contribution is 7.87. The van der Waals surface area contributed by atoms with E-state index < -0.39 is 10.2 Å². The number of ether oxygens (including phenoxy) is 3. The van der Waals surface area contributed by atoms with Gasteiger partial charge in [0.2, 0.25) is 5.88 Å². The zero-order valence-electron chi connectivity index (χ0n) is 16.9. The molecule has 29 heavy (non-hydrogen) atoms. The molecule has 1 aromatic heterocycles. The Morgan fingerprint density at radius 1 is 1.14 bits per heavy atom. The summed E-state index contributed by atoms with van der Waals surface area (Å²) >= 11 is 0. The monoisotopic (exact) mass is 421 g/mol. The van der Waals surface area contributed by atoms with Gasteiger partial charge in [-0.1, -0.05) is 0 Å². The van der Waals surface area contributed by atoms with E-state index in [4.69, 9.17) is 14.2 Å². The predicted molar refractivity (Wildman–Crippen MR) is 109 cm³/mol. The summed E-state index contributed by atoms with van der Waals surface area (Å²) in [6.07, 6.45) is 1.32. The number of hydrogen-bond donors (Lipinski definition) is 1. The molecule has 2 heterocycles. The van der Waals surface area contributed by atoms with E-state index in [-0.39, 0.29) is 18.8 Å². The molecule has 1 aliphatic heterocycles. The van der Waals surface area contributed by atoms with E-state index in [1.165, 1.54) is 4.31 Å². The largest absolute Gasteiger partial charge is 0.494 e. The van der Waals surface area contributed by atoms with Gasteiger partial charge in [0, 0.05) is 31.9 Å². The fraction of sp³-hybridized carbons (Fsp3) is 0.450. The van der Waals surface area contributed by atoms with Gasteiger partial charge in [-0.2, -0.15) is 17.4 Å². The Labute approximate surface area is 172 Å². The normalized spacial score (nSPS) is 20.4. The number of nitrogens with one attached hydrogen (secondary N) is 1. The van der Waals surface area contributed by atoms with Crippen molar-refractivity contribution in [3.63, 3.8) is 0 Å². The Kier molecular flexibility index (Phi) is 7.07. The first-order chi connectivity index (χ1) is 13.9. The summed E-state index contributed by atoms with van der Waals surface area (Å²) in [5.41, 5.74) is 0.749. The molecular weight excluding hydrogens is 394 g/mol. The topological polar surface area (TPSA) is 90.0 Å². The van der Waals surface area contributed by atoms with Crippen molar-refractivity contribution in [2.45, 2.75) is 39.5 Å². The van der Waals surface area contributed by atoms with Gasteiger partial charge >= 0.3 is 0 Å². The van der Waals surface area contributed by atoms with Crippen LogP contribution in [0.1, 0.15) is 26.3 Å². The summed E-state index contributed by atoms with van der Waals surface area (Å²) in [4.78, 5) is 4.19. The van der Waals surface area contributed by atoms with E-state index >= 15 is 0 Å². The zero-order valence-corrected chi connectivity index (χ0v) is 17.7. The highest BCUT2D eigenvalue weighted by atomic mass is 32.2. The maximum absolute atomic E-state index is 12.6. The number of aromatic nitrogens is 1. The van der Waals surface area contributed by atoms with Crippen LogP contribution in [0, 0.1) is 0 Å². The van der Waals surface area contributed by atoms with Crippen molar-refractivity contribution >= 4 is 10.2 Å². The molecule has 2 atom stereocenters. The van der Waals surface area contributed by atoms with Crippen molar-refractivity contribution in [1.29, 1.82) is 0 Å². The van der Waals surface area contributed by atoms with E-state index in [0.717, 1.165) is 11.3 Å². The summed E-state index contributed by atoms with van der Waals surface area (Å²) in [7, 11) is -3.60. The molecule has 0 aliphatic carbocycles. The van der Waals surface area contributed by atoms with Crippen LogP contribution in [-0.4, -0.2) is 49.6 Å². The number of hydrogen-bond acceptors (Lipinski definition) is 6. The predicted octanol–water partition coefficient (Wildman–Crippen LogP) is 2.72. The molecule has 0 amide bonds. The Balaban J connectivity index is 1.60. The van der Waals surface area contributed by atoms with Gasteiger partial charge in [-0.05, 0) is 56.7 Å². The fourth-order valence-corrected chi connectivity index (χ4v) is 4.44. The number of nitrogens with zero attached hydrogens (tertiary/aromatic N) is 2. The highest BCUT2D eigenvalue weighted by Gasteiger charge is 2.30. The maximum atomic E-state index is 12.6. The Morgan fingerprint density at radius 2 is 1.79 bits per heavy atom. The minimum Gasteiger partial charge on any atom is -0.494 e. The summed E-state index contributed by atoms with van der Waals surface area (Å²) in [6.45, 7) is 7.07. The van der Waals surface area contributed by atoms with Crippen molar-refractivity contribution < 1.29 is 22.6 Å². The molecule has 1 aromatic carbocycles. The molecule has 0 radical (unpaired) electrons.